The Morgan fingerprint density at radius 3 is 2.50 bits per heavy atom. The summed E-state index contributed by atoms with van der Waals surface area (Å²) < 4.78 is 9.39. The van der Waals surface area contributed by atoms with Crippen LogP contribution in [0.2, 0.25) is 0 Å². The molecule has 8 heteroatoms. The number of carbonyl (C=O) groups excluding carboxylic acids is 2. The van der Waals surface area contributed by atoms with E-state index in [-0.39, 0.29) is 23.9 Å². The zero-order chi connectivity index (χ0) is 20.9. The third-order valence-corrected chi connectivity index (χ3v) is 6.24. The van der Waals surface area contributed by atoms with Crippen molar-refractivity contribution < 1.29 is 14.3 Å². The van der Waals surface area contributed by atoms with E-state index in [1.165, 1.54) is 6.42 Å². The molecule has 4 rings (SSSR count). The van der Waals surface area contributed by atoms with Gasteiger partial charge in [-0.05, 0) is 61.8 Å². The number of benzene rings is 1. The smallest absolute Gasteiger partial charge is 0.276 e. The molecule has 1 aromatic heterocycles. The zero-order valence-corrected chi connectivity index (χ0v) is 18.1. The van der Waals surface area contributed by atoms with Crippen LogP contribution in [0.15, 0.2) is 29.6 Å². The summed E-state index contributed by atoms with van der Waals surface area (Å²) >= 11 is 1.14. The maximum Gasteiger partial charge on any atom is 0.276 e. The third kappa shape index (κ3) is 4.80. The lowest BCUT2D eigenvalue weighted by Gasteiger charge is -2.33. The second-order valence-corrected chi connectivity index (χ2v) is 8.59. The largest absolute Gasteiger partial charge is 0.494 e. The number of aromatic nitrogens is 2. The minimum Gasteiger partial charge on any atom is -0.494 e. The van der Waals surface area contributed by atoms with Crippen LogP contribution >= 0.6 is 11.5 Å². The van der Waals surface area contributed by atoms with Crippen LogP contribution < -0.4 is 10.1 Å². The SMILES string of the molecule is CCOc1ccc([C@H](C(=O)NC2CCCCC2)N(C(=O)c2csnn2)C2CC2)cc1. The maximum atomic E-state index is 13.5. The fourth-order valence-corrected chi connectivity index (χ4v) is 4.55. The first kappa shape index (κ1) is 20.8. The van der Waals surface area contributed by atoms with Gasteiger partial charge in [-0.1, -0.05) is 35.9 Å². The zero-order valence-electron chi connectivity index (χ0n) is 17.3. The second kappa shape index (κ2) is 9.55. The lowest BCUT2D eigenvalue weighted by atomic mass is 9.94. The summed E-state index contributed by atoms with van der Waals surface area (Å²) in [6.07, 6.45) is 7.27. The van der Waals surface area contributed by atoms with Gasteiger partial charge in [0.15, 0.2) is 5.69 Å². The van der Waals surface area contributed by atoms with Crippen molar-refractivity contribution in [2.45, 2.75) is 70.0 Å². The highest BCUT2D eigenvalue weighted by Crippen LogP contribution is 2.37. The van der Waals surface area contributed by atoms with Gasteiger partial charge in [-0.25, -0.2) is 0 Å². The van der Waals surface area contributed by atoms with E-state index in [1.807, 2.05) is 31.2 Å². The van der Waals surface area contributed by atoms with Gasteiger partial charge < -0.3 is 15.0 Å². The molecule has 0 spiro atoms. The molecule has 2 aromatic rings. The molecule has 0 unspecified atom stereocenters. The lowest BCUT2D eigenvalue weighted by molar-refractivity contribution is -0.127. The Hall–Kier alpha value is -2.48. The highest BCUT2D eigenvalue weighted by Gasteiger charge is 2.42. The van der Waals surface area contributed by atoms with Crippen LogP contribution in [0.4, 0.5) is 0 Å². The van der Waals surface area contributed by atoms with Gasteiger partial charge in [0.2, 0.25) is 5.91 Å². The maximum absolute atomic E-state index is 13.5. The van der Waals surface area contributed by atoms with E-state index in [0.717, 1.165) is 61.4 Å². The van der Waals surface area contributed by atoms with Crippen LogP contribution in [0, 0.1) is 0 Å². The molecule has 160 valence electrons. The first-order valence-electron chi connectivity index (χ1n) is 10.8. The van der Waals surface area contributed by atoms with Crippen molar-refractivity contribution >= 4 is 23.3 Å². The molecule has 2 saturated carbocycles. The number of ether oxygens (including phenoxy) is 1. The van der Waals surface area contributed by atoms with Crippen molar-refractivity contribution in [1.82, 2.24) is 19.8 Å². The minimum atomic E-state index is -0.690. The minimum absolute atomic E-state index is 0.0490. The molecule has 7 nitrogen and oxygen atoms in total. The number of hydrogen-bond donors (Lipinski definition) is 1. The topological polar surface area (TPSA) is 84.4 Å². The molecule has 2 fully saturated rings. The summed E-state index contributed by atoms with van der Waals surface area (Å²) in [6.45, 7) is 2.51. The molecule has 1 N–H and O–H groups in total. The molecule has 0 bridgehead atoms. The van der Waals surface area contributed by atoms with Crippen molar-refractivity contribution in [2.75, 3.05) is 6.61 Å². The average molecular weight is 429 g/mol. The molecule has 0 aliphatic heterocycles. The first-order chi connectivity index (χ1) is 14.7. The van der Waals surface area contributed by atoms with Gasteiger partial charge in [0, 0.05) is 17.5 Å². The van der Waals surface area contributed by atoms with Crippen LogP contribution in [0.25, 0.3) is 0 Å². The van der Waals surface area contributed by atoms with E-state index in [9.17, 15) is 9.59 Å². The average Bonchev–Trinajstić information content (AvgIpc) is 3.45. The van der Waals surface area contributed by atoms with Crippen molar-refractivity contribution in [3.63, 3.8) is 0 Å². The Morgan fingerprint density at radius 1 is 1.17 bits per heavy atom. The van der Waals surface area contributed by atoms with Gasteiger partial charge in [-0.15, -0.1) is 5.10 Å². The predicted molar refractivity (Wildman–Crippen MR) is 114 cm³/mol. The monoisotopic (exact) mass is 428 g/mol. The molecular weight excluding hydrogens is 400 g/mol. The number of hydrogen-bond acceptors (Lipinski definition) is 6. The Kier molecular flexibility index (Phi) is 6.62. The van der Waals surface area contributed by atoms with E-state index in [4.69, 9.17) is 4.74 Å². The van der Waals surface area contributed by atoms with Crippen LogP contribution in [-0.4, -0.2) is 45.0 Å². The molecule has 2 aliphatic carbocycles. The van der Waals surface area contributed by atoms with Crippen LogP contribution in [0.5, 0.6) is 5.75 Å². The van der Waals surface area contributed by atoms with Crippen LogP contribution in [-0.2, 0) is 4.79 Å². The van der Waals surface area contributed by atoms with E-state index in [1.54, 1.807) is 10.3 Å². The molecule has 1 heterocycles. The number of rotatable bonds is 8. The Bertz CT molecular complexity index is 846. The van der Waals surface area contributed by atoms with Crippen molar-refractivity contribution in [1.29, 1.82) is 0 Å². The van der Waals surface area contributed by atoms with Gasteiger partial charge in [0.1, 0.15) is 11.8 Å². The summed E-state index contributed by atoms with van der Waals surface area (Å²) in [4.78, 5) is 28.5. The summed E-state index contributed by atoms with van der Waals surface area (Å²) in [7, 11) is 0. The fourth-order valence-electron chi connectivity index (χ4n) is 4.12. The van der Waals surface area contributed by atoms with E-state index in [2.05, 4.69) is 14.9 Å². The number of carbonyl (C=O) groups is 2. The molecule has 0 radical (unpaired) electrons. The van der Waals surface area contributed by atoms with Crippen LogP contribution in [0.3, 0.4) is 0 Å². The molecule has 0 saturated heterocycles. The Labute approximate surface area is 181 Å². The molecule has 30 heavy (non-hydrogen) atoms. The molecular formula is C22H28N4O3S. The molecule has 2 amide bonds. The predicted octanol–water partition coefficient (Wildman–Crippen LogP) is 3.73. The third-order valence-electron chi connectivity index (χ3n) is 5.74. The summed E-state index contributed by atoms with van der Waals surface area (Å²) in [6, 6.07) is 7.03. The quantitative estimate of drug-likeness (QED) is 0.693. The van der Waals surface area contributed by atoms with Crippen LogP contribution in [0.1, 0.15) is 74.0 Å². The summed E-state index contributed by atoms with van der Waals surface area (Å²) in [5.41, 5.74) is 1.09. The standard InChI is InChI=1S/C22H28N4O3S/c1-2-29-18-12-8-15(9-13-18)20(21(27)23-16-6-4-3-5-7-16)26(17-10-11-17)22(28)19-14-30-25-24-19/h8-9,12-14,16-17,20H,2-7,10-11H2,1H3,(H,23,27)/t20-/m1/s1. The Morgan fingerprint density at radius 2 is 1.90 bits per heavy atom. The van der Waals surface area contributed by atoms with E-state index in [0.29, 0.717) is 12.3 Å². The Balaban J connectivity index is 1.64. The molecule has 1 atom stereocenters. The van der Waals surface area contributed by atoms with Crippen molar-refractivity contribution in [3.05, 3.63) is 40.9 Å². The number of amides is 2. The highest BCUT2D eigenvalue weighted by atomic mass is 32.1. The van der Waals surface area contributed by atoms with E-state index >= 15 is 0 Å². The van der Waals surface area contributed by atoms with Gasteiger partial charge in [0.25, 0.3) is 5.91 Å². The highest BCUT2D eigenvalue weighted by molar-refractivity contribution is 7.03. The van der Waals surface area contributed by atoms with Gasteiger partial charge in [-0.2, -0.15) is 0 Å². The summed E-state index contributed by atoms with van der Waals surface area (Å²) in [5.74, 6) is 0.402. The fraction of sp³-hybridized carbons (Fsp3) is 0.545. The van der Waals surface area contributed by atoms with Gasteiger partial charge in [-0.3, -0.25) is 9.59 Å². The van der Waals surface area contributed by atoms with Crippen molar-refractivity contribution in [2.24, 2.45) is 0 Å². The number of nitrogens with one attached hydrogen (secondary N) is 1. The second-order valence-electron chi connectivity index (χ2n) is 7.98. The van der Waals surface area contributed by atoms with Crippen molar-refractivity contribution in [3.8, 4) is 5.75 Å². The van der Waals surface area contributed by atoms with Gasteiger partial charge >= 0.3 is 0 Å². The first-order valence-corrected chi connectivity index (χ1v) is 11.6. The van der Waals surface area contributed by atoms with Gasteiger partial charge in [0.05, 0.1) is 6.61 Å². The normalized spacial score (nSPS) is 17.9. The molecule has 1 aromatic carbocycles. The van der Waals surface area contributed by atoms with E-state index < -0.39 is 6.04 Å². The number of nitrogens with zero attached hydrogens (tertiary/aromatic N) is 3. The summed E-state index contributed by atoms with van der Waals surface area (Å²) in [5, 5.41) is 8.83. The molecule has 2 aliphatic rings. The lowest BCUT2D eigenvalue weighted by Crippen LogP contribution is -2.48.